The van der Waals surface area contributed by atoms with E-state index in [1.807, 2.05) is 12.1 Å². The first kappa shape index (κ1) is 18.5. The molecule has 2 amide bonds. The third-order valence-corrected chi connectivity index (χ3v) is 4.10. The summed E-state index contributed by atoms with van der Waals surface area (Å²) in [6, 6.07) is 13.8. The van der Waals surface area contributed by atoms with Gasteiger partial charge in [0.05, 0.1) is 0 Å². The molecule has 1 heterocycles. The molecule has 2 aromatic carbocycles. The molecule has 0 spiro atoms. The van der Waals surface area contributed by atoms with Crippen LogP contribution in [0.4, 0.5) is 0 Å². The van der Waals surface area contributed by atoms with Gasteiger partial charge in [-0.25, -0.2) is 9.97 Å². The number of benzene rings is 2. The molecular formula is C20H17ClN4O2. The molecule has 1 aromatic heterocycles. The van der Waals surface area contributed by atoms with Crippen molar-refractivity contribution in [2.75, 3.05) is 13.1 Å². The Labute approximate surface area is 161 Å². The molecular weight excluding hydrogens is 364 g/mol. The number of rotatable bonds is 6. The topological polar surface area (TPSA) is 84.0 Å². The number of amides is 2. The Morgan fingerprint density at radius 2 is 1.22 bits per heavy atom. The van der Waals surface area contributed by atoms with E-state index in [1.54, 1.807) is 48.8 Å². The van der Waals surface area contributed by atoms with Crippen LogP contribution in [0.1, 0.15) is 20.7 Å². The first-order valence-electron chi connectivity index (χ1n) is 8.31. The SMILES string of the molecule is O=C(NCCNC(=O)c1ccc(-c2cncnc2)cc1)c1ccc(Cl)cc1. The maximum atomic E-state index is 12.2. The second-order valence-electron chi connectivity index (χ2n) is 5.72. The fourth-order valence-corrected chi connectivity index (χ4v) is 2.55. The highest BCUT2D eigenvalue weighted by Gasteiger charge is 2.07. The Hall–Kier alpha value is -3.25. The van der Waals surface area contributed by atoms with Crippen LogP contribution in [0.5, 0.6) is 0 Å². The Morgan fingerprint density at radius 3 is 1.74 bits per heavy atom. The van der Waals surface area contributed by atoms with Crippen LogP contribution >= 0.6 is 11.6 Å². The van der Waals surface area contributed by atoms with Crippen molar-refractivity contribution in [3.63, 3.8) is 0 Å². The van der Waals surface area contributed by atoms with E-state index in [0.29, 0.717) is 29.2 Å². The minimum absolute atomic E-state index is 0.202. The highest BCUT2D eigenvalue weighted by molar-refractivity contribution is 6.30. The molecule has 0 saturated carbocycles. The molecule has 0 fully saturated rings. The number of carbonyl (C=O) groups is 2. The number of hydrogen-bond donors (Lipinski definition) is 2. The second-order valence-corrected chi connectivity index (χ2v) is 6.16. The van der Waals surface area contributed by atoms with Crippen molar-refractivity contribution in [3.8, 4) is 11.1 Å². The van der Waals surface area contributed by atoms with Crippen LogP contribution in [0.25, 0.3) is 11.1 Å². The predicted octanol–water partition coefficient (Wildman–Crippen LogP) is 2.96. The molecule has 0 atom stereocenters. The van der Waals surface area contributed by atoms with Gasteiger partial charge in [-0.2, -0.15) is 0 Å². The van der Waals surface area contributed by atoms with Gasteiger partial charge in [0, 0.05) is 47.2 Å². The molecule has 6 nitrogen and oxygen atoms in total. The lowest BCUT2D eigenvalue weighted by molar-refractivity contribution is 0.0927. The molecule has 0 aliphatic rings. The van der Waals surface area contributed by atoms with Crippen LogP contribution in [0, 0.1) is 0 Å². The molecule has 0 saturated heterocycles. The average Bonchev–Trinajstić information content (AvgIpc) is 2.72. The third-order valence-electron chi connectivity index (χ3n) is 3.84. The Bertz CT molecular complexity index is 913. The summed E-state index contributed by atoms with van der Waals surface area (Å²) in [6.45, 7) is 0.652. The summed E-state index contributed by atoms with van der Waals surface area (Å²) >= 11 is 5.80. The average molecular weight is 381 g/mol. The van der Waals surface area contributed by atoms with Crippen LogP contribution in [-0.4, -0.2) is 34.9 Å². The maximum Gasteiger partial charge on any atom is 0.251 e. The van der Waals surface area contributed by atoms with E-state index in [0.717, 1.165) is 11.1 Å². The van der Waals surface area contributed by atoms with Crippen LogP contribution in [-0.2, 0) is 0 Å². The number of nitrogens with one attached hydrogen (secondary N) is 2. The van der Waals surface area contributed by atoms with Gasteiger partial charge in [0.2, 0.25) is 0 Å². The first-order chi connectivity index (χ1) is 13.1. The third kappa shape index (κ3) is 5.12. The van der Waals surface area contributed by atoms with Gasteiger partial charge in [0.1, 0.15) is 6.33 Å². The summed E-state index contributed by atoms with van der Waals surface area (Å²) in [5, 5.41) is 6.09. The van der Waals surface area contributed by atoms with E-state index in [1.165, 1.54) is 6.33 Å². The molecule has 2 N–H and O–H groups in total. The summed E-state index contributed by atoms with van der Waals surface area (Å²) in [4.78, 5) is 32.1. The summed E-state index contributed by atoms with van der Waals surface area (Å²) in [7, 11) is 0. The monoisotopic (exact) mass is 380 g/mol. The van der Waals surface area contributed by atoms with Crippen molar-refractivity contribution >= 4 is 23.4 Å². The standard InChI is InChI=1S/C20H17ClN4O2/c21-18-7-5-16(6-8-18)20(27)25-10-9-24-19(26)15-3-1-14(2-4-15)17-11-22-13-23-12-17/h1-8,11-13H,9-10H2,(H,24,26)(H,25,27). The molecule has 0 aliphatic carbocycles. The molecule has 27 heavy (non-hydrogen) atoms. The first-order valence-corrected chi connectivity index (χ1v) is 8.69. The van der Waals surface area contributed by atoms with Crippen molar-refractivity contribution < 1.29 is 9.59 Å². The minimum atomic E-state index is -0.213. The van der Waals surface area contributed by atoms with Gasteiger partial charge < -0.3 is 10.6 Å². The van der Waals surface area contributed by atoms with Crippen molar-refractivity contribution in [2.24, 2.45) is 0 Å². The minimum Gasteiger partial charge on any atom is -0.350 e. The zero-order valence-electron chi connectivity index (χ0n) is 14.4. The lowest BCUT2D eigenvalue weighted by Crippen LogP contribution is -2.34. The Balaban J connectivity index is 1.46. The lowest BCUT2D eigenvalue weighted by Gasteiger charge is -2.08. The normalized spacial score (nSPS) is 10.3. The van der Waals surface area contributed by atoms with E-state index in [-0.39, 0.29) is 11.8 Å². The maximum absolute atomic E-state index is 12.2. The van der Waals surface area contributed by atoms with Crippen molar-refractivity contribution in [1.29, 1.82) is 0 Å². The summed E-state index contributed by atoms with van der Waals surface area (Å²) in [5.41, 5.74) is 2.88. The fourth-order valence-electron chi connectivity index (χ4n) is 2.42. The number of carbonyl (C=O) groups excluding carboxylic acids is 2. The number of nitrogens with zero attached hydrogens (tertiary/aromatic N) is 2. The lowest BCUT2D eigenvalue weighted by atomic mass is 10.1. The van der Waals surface area contributed by atoms with Gasteiger partial charge in [-0.1, -0.05) is 23.7 Å². The molecule has 3 rings (SSSR count). The van der Waals surface area contributed by atoms with Crippen molar-refractivity contribution in [3.05, 3.63) is 83.4 Å². The zero-order valence-corrected chi connectivity index (χ0v) is 15.1. The van der Waals surface area contributed by atoms with Gasteiger partial charge in [-0.15, -0.1) is 0 Å². The molecule has 0 radical (unpaired) electrons. The van der Waals surface area contributed by atoms with Gasteiger partial charge in [-0.05, 0) is 42.0 Å². The van der Waals surface area contributed by atoms with E-state index in [4.69, 9.17) is 11.6 Å². The Kier molecular flexibility index (Phi) is 6.12. The van der Waals surface area contributed by atoms with E-state index >= 15 is 0 Å². The van der Waals surface area contributed by atoms with Crippen LogP contribution in [0.3, 0.4) is 0 Å². The van der Waals surface area contributed by atoms with E-state index < -0.39 is 0 Å². The van der Waals surface area contributed by atoms with Crippen molar-refractivity contribution in [2.45, 2.75) is 0 Å². The van der Waals surface area contributed by atoms with Crippen molar-refractivity contribution in [1.82, 2.24) is 20.6 Å². The molecule has 0 bridgehead atoms. The molecule has 0 aliphatic heterocycles. The molecule has 0 unspecified atom stereocenters. The van der Waals surface area contributed by atoms with Crippen LogP contribution < -0.4 is 10.6 Å². The number of aromatic nitrogens is 2. The largest absolute Gasteiger partial charge is 0.350 e. The van der Waals surface area contributed by atoms with E-state index in [9.17, 15) is 9.59 Å². The number of halogens is 1. The van der Waals surface area contributed by atoms with Gasteiger partial charge in [0.25, 0.3) is 11.8 Å². The smallest absolute Gasteiger partial charge is 0.251 e. The highest BCUT2D eigenvalue weighted by Crippen LogP contribution is 2.17. The van der Waals surface area contributed by atoms with Gasteiger partial charge >= 0.3 is 0 Å². The van der Waals surface area contributed by atoms with Crippen LogP contribution in [0.15, 0.2) is 67.3 Å². The molecule has 136 valence electrons. The predicted molar refractivity (Wildman–Crippen MR) is 104 cm³/mol. The van der Waals surface area contributed by atoms with Gasteiger partial charge in [-0.3, -0.25) is 9.59 Å². The quantitative estimate of drug-likeness (QED) is 0.644. The van der Waals surface area contributed by atoms with E-state index in [2.05, 4.69) is 20.6 Å². The summed E-state index contributed by atoms with van der Waals surface area (Å²) < 4.78 is 0. The number of hydrogen-bond acceptors (Lipinski definition) is 4. The highest BCUT2D eigenvalue weighted by atomic mass is 35.5. The second kappa shape index (κ2) is 8.91. The fraction of sp³-hybridized carbons (Fsp3) is 0.100. The zero-order chi connectivity index (χ0) is 19.1. The summed E-state index contributed by atoms with van der Waals surface area (Å²) in [5.74, 6) is -0.415. The summed E-state index contributed by atoms with van der Waals surface area (Å²) in [6.07, 6.45) is 4.90. The van der Waals surface area contributed by atoms with Crippen LogP contribution in [0.2, 0.25) is 5.02 Å². The van der Waals surface area contributed by atoms with Gasteiger partial charge in [0.15, 0.2) is 0 Å². The molecule has 3 aromatic rings. The Morgan fingerprint density at radius 1 is 0.741 bits per heavy atom. The molecule has 7 heteroatoms.